The zero-order chi connectivity index (χ0) is 13.1. The molecular formula is C15H10BrN3. The Balaban J connectivity index is 2.03. The maximum absolute atomic E-state index is 4.60. The zero-order valence-corrected chi connectivity index (χ0v) is 11.6. The summed E-state index contributed by atoms with van der Waals surface area (Å²) in [5, 5.41) is 0. The number of nitrogens with zero attached hydrogens (tertiary/aromatic N) is 3. The molecule has 0 aliphatic rings. The molecule has 4 heteroatoms. The third-order valence-corrected chi connectivity index (χ3v) is 3.14. The lowest BCUT2D eigenvalue weighted by atomic mass is 10.2. The van der Waals surface area contributed by atoms with Gasteiger partial charge in [0.2, 0.25) is 0 Å². The number of halogens is 1. The summed E-state index contributed by atoms with van der Waals surface area (Å²) in [6.07, 6.45) is 3.53. The third-order valence-electron chi connectivity index (χ3n) is 2.67. The van der Waals surface area contributed by atoms with E-state index in [-0.39, 0.29) is 0 Å². The molecular weight excluding hydrogens is 302 g/mol. The largest absolute Gasteiger partial charge is 0.255 e. The van der Waals surface area contributed by atoms with E-state index in [0.717, 1.165) is 27.2 Å². The average Bonchev–Trinajstić information content (AvgIpc) is 2.49. The van der Waals surface area contributed by atoms with Gasteiger partial charge in [-0.05, 0) is 52.3 Å². The quantitative estimate of drug-likeness (QED) is 0.719. The van der Waals surface area contributed by atoms with Crippen LogP contribution in [0.1, 0.15) is 0 Å². The van der Waals surface area contributed by atoms with E-state index >= 15 is 0 Å². The van der Waals surface area contributed by atoms with Crippen LogP contribution in [0.2, 0.25) is 0 Å². The second-order valence-electron chi connectivity index (χ2n) is 3.98. The van der Waals surface area contributed by atoms with Gasteiger partial charge in [0.05, 0.1) is 22.8 Å². The van der Waals surface area contributed by atoms with Crippen LogP contribution in [0, 0.1) is 0 Å². The van der Waals surface area contributed by atoms with Gasteiger partial charge in [-0.25, -0.2) is 4.98 Å². The van der Waals surface area contributed by atoms with Crippen molar-refractivity contribution in [2.45, 2.75) is 0 Å². The summed E-state index contributed by atoms with van der Waals surface area (Å²) in [5.41, 5.74) is 3.40. The Hall–Kier alpha value is -2.07. The van der Waals surface area contributed by atoms with Crippen molar-refractivity contribution in [1.29, 1.82) is 0 Å². The maximum Gasteiger partial charge on any atom is 0.0894 e. The predicted molar refractivity (Wildman–Crippen MR) is 78.4 cm³/mol. The molecule has 3 heterocycles. The van der Waals surface area contributed by atoms with Crippen LogP contribution in [-0.2, 0) is 0 Å². The Morgan fingerprint density at radius 2 is 1.42 bits per heavy atom. The summed E-state index contributed by atoms with van der Waals surface area (Å²) in [4.78, 5) is 13.3. The van der Waals surface area contributed by atoms with Crippen molar-refractivity contribution >= 4 is 15.9 Å². The Labute approximate surface area is 119 Å². The highest BCUT2D eigenvalue weighted by Crippen LogP contribution is 2.20. The van der Waals surface area contributed by atoms with Gasteiger partial charge in [0, 0.05) is 16.9 Å². The van der Waals surface area contributed by atoms with Gasteiger partial charge in [0.25, 0.3) is 0 Å². The predicted octanol–water partition coefficient (Wildman–Crippen LogP) is 3.97. The SMILES string of the molecule is Brc1ccc(-c2cccc(-c3ccccn3)n2)nc1. The number of hydrogen-bond acceptors (Lipinski definition) is 3. The van der Waals surface area contributed by atoms with Gasteiger partial charge in [0.15, 0.2) is 0 Å². The smallest absolute Gasteiger partial charge is 0.0894 e. The first-order chi connectivity index (χ1) is 9.33. The van der Waals surface area contributed by atoms with Crippen LogP contribution in [0.4, 0.5) is 0 Å². The molecule has 19 heavy (non-hydrogen) atoms. The molecule has 0 fully saturated rings. The second kappa shape index (κ2) is 5.28. The molecule has 0 saturated heterocycles. The van der Waals surface area contributed by atoms with Crippen LogP contribution in [0.25, 0.3) is 22.8 Å². The zero-order valence-electron chi connectivity index (χ0n) is 9.99. The van der Waals surface area contributed by atoms with E-state index < -0.39 is 0 Å². The van der Waals surface area contributed by atoms with Crippen molar-refractivity contribution in [3.8, 4) is 22.8 Å². The fourth-order valence-corrected chi connectivity index (χ4v) is 2.00. The molecule has 0 aliphatic heterocycles. The van der Waals surface area contributed by atoms with Gasteiger partial charge >= 0.3 is 0 Å². The van der Waals surface area contributed by atoms with E-state index in [9.17, 15) is 0 Å². The minimum absolute atomic E-state index is 0.843. The highest BCUT2D eigenvalue weighted by molar-refractivity contribution is 9.10. The van der Waals surface area contributed by atoms with Gasteiger partial charge < -0.3 is 0 Å². The number of aromatic nitrogens is 3. The lowest BCUT2D eigenvalue weighted by molar-refractivity contribution is 1.21. The Morgan fingerprint density at radius 3 is 2.05 bits per heavy atom. The van der Waals surface area contributed by atoms with Crippen molar-refractivity contribution in [3.05, 3.63) is 65.4 Å². The Kier molecular flexibility index (Phi) is 3.33. The van der Waals surface area contributed by atoms with Crippen LogP contribution in [-0.4, -0.2) is 15.0 Å². The fraction of sp³-hybridized carbons (Fsp3) is 0. The summed E-state index contributed by atoms with van der Waals surface area (Å²) in [7, 11) is 0. The molecule has 0 aliphatic carbocycles. The first-order valence-electron chi connectivity index (χ1n) is 5.83. The van der Waals surface area contributed by atoms with Gasteiger partial charge in [0.1, 0.15) is 0 Å². The molecule has 0 N–H and O–H groups in total. The summed E-state index contributed by atoms with van der Waals surface area (Å²) in [6.45, 7) is 0. The van der Waals surface area contributed by atoms with E-state index in [1.54, 1.807) is 12.4 Å². The highest BCUT2D eigenvalue weighted by Gasteiger charge is 2.04. The minimum atomic E-state index is 0.843. The Bertz CT molecular complexity index is 681. The van der Waals surface area contributed by atoms with E-state index in [4.69, 9.17) is 0 Å². The summed E-state index contributed by atoms with van der Waals surface area (Å²) >= 11 is 3.38. The lowest BCUT2D eigenvalue weighted by Gasteiger charge is -2.03. The topological polar surface area (TPSA) is 38.7 Å². The minimum Gasteiger partial charge on any atom is -0.255 e. The standard InChI is InChI=1S/C15H10BrN3/c16-11-7-8-13(18-10-11)15-6-3-5-14(19-15)12-4-1-2-9-17-12/h1-10H. The number of hydrogen-bond donors (Lipinski definition) is 0. The van der Waals surface area contributed by atoms with Crippen LogP contribution in [0.15, 0.2) is 65.4 Å². The van der Waals surface area contributed by atoms with Crippen LogP contribution in [0.5, 0.6) is 0 Å². The van der Waals surface area contributed by atoms with Gasteiger partial charge in [-0.3, -0.25) is 9.97 Å². The maximum atomic E-state index is 4.60. The monoisotopic (exact) mass is 311 g/mol. The molecule has 3 rings (SSSR count). The van der Waals surface area contributed by atoms with Gasteiger partial charge in [-0.2, -0.15) is 0 Å². The molecule has 3 aromatic heterocycles. The van der Waals surface area contributed by atoms with Crippen molar-refractivity contribution in [3.63, 3.8) is 0 Å². The van der Waals surface area contributed by atoms with E-state index in [1.165, 1.54) is 0 Å². The van der Waals surface area contributed by atoms with Crippen LogP contribution < -0.4 is 0 Å². The van der Waals surface area contributed by atoms with E-state index in [2.05, 4.69) is 30.9 Å². The van der Waals surface area contributed by atoms with Crippen molar-refractivity contribution in [1.82, 2.24) is 15.0 Å². The van der Waals surface area contributed by atoms with Crippen molar-refractivity contribution in [2.24, 2.45) is 0 Å². The molecule has 0 amide bonds. The van der Waals surface area contributed by atoms with Crippen molar-refractivity contribution < 1.29 is 0 Å². The van der Waals surface area contributed by atoms with Crippen molar-refractivity contribution in [2.75, 3.05) is 0 Å². The van der Waals surface area contributed by atoms with E-state index in [0.29, 0.717) is 0 Å². The van der Waals surface area contributed by atoms with Crippen LogP contribution in [0.3, 0.4) is 0 Å². The number of pyridine rings is 3. The average molecular weight is 312 g/mol. The summed E-state index contributed by atoms with van der Waals surface area (Å²) < 4.78 is 0.956. The molecule has 0 aromatic carbocycles. The van der Waals surface area contributed by atoms with E-state index in [1.807, 2.05) is 48.5 Å². The normalized spacial score (nSPS) is 10.4. The fourth-order valence-electron chi connectivity index (χ4n) is 1.76. The molecule has 0 unspecified atom stereocenters. The molecule has 0 spiro atoms. The summed E-state index contributed by atoms with van der Waals surface area (Å²) in [6, 6.07) is 15.6. The molecule has 3 nitrogen and oxygen atoms in total. The molecule has 92 valence electrons. The molecule has 0 radical (unpaired) electrons. The first kappa shape index (κ1) is 12.0. The summed E-state index contributed by atoms with van der Waals surface area (Å²) in [5.74, 6) is 0. The Morgan fingerprint density at radius 1 is 0.684 bits per heavy atom. The van der Waals surface area contributed by atoms with Gasteiger partial charge in [-0.1, -0.05) is 12.1 Å². The highest BCUT2D eigenvalue weighted by atomic mass is 79.9. The second-order valence-corrected chi connectivity index (χ2v) is 4.90. The van der Waals surface area contributed by atoms with Gasteiger partial charge in [-0.15, -0.1) is 0 Å². The first-order valence-corrected chi connectivity index (χ1v) is 6.62. The molecule has 0 bridgehead atoms. The molecule has 3 aromatic rings. The lowest BCUT2D eigenvalue weighted by Crippen LogP contribution is -1.91. The van der Waals surface area contributed by atoms with Crippen LogP contribution >= 0.6 is 15.9 Å². The molecule has 0 atom stereocenters. The third kappa shape index (κ3) is 2.69. The number of rotatable bonds is 2. The molecule has 0 saturated carbocycles.